The third-order valence-corrected chi connectivity index (χ3v) is 7.85. The Morgan fingerprint density at radius 3 is 2.68 bits per heavy atom. The maximum atomic E-state index is 13.2. The summed E-state index contributed by atoms with van der Waals surface area (Å²) in [4.78, 5) is 25.7. The predicted octanol–water partition coefficient (Wildman–Crippen LogP) is 2.73. The second kappa shape index (κ2) is 7.54. The molecule has 1 aliphatic carbocycles. The number of hydrogen-bond acceptors (Lipinski definition) is 6. The van der Waals surface area contributed by atoms with Gasteiger partial charge in [-0.05, 0) is 31.4 Å². The van der Waals surface area contributed by atoms with Gasteiger partial charge in [0.05, 0.1) is 16.3 Å². The molecule has 1 saturated heterocycles. The highest BCUT2D eigenvalue weighted by Crippen LogP contribution is 2.34. The highest BCUT2D eigenvalue weighted by Gasteiger charge is 2.38. The van der Waals surface area contributed by atoms with Gasteiger partial charge in [0.15, 0.2) is 0 Å². The van der Waals surface area contributed by atoms with Gasteiger partial charge >= 0.3 is 12.2 Å². The summed E-state index contributed by atoms with van der Waals surface area (Å²) in [5.41, 5.74) is 2.94. The van der Waals surface area contributed by atoms with Crippen LogP contribution in [0.25, 0.3) is 0 Å². The summed E-state index contributed by atoms with van der Waals surface area (Å²) in [6.45, 7) is 0.828. The van der Waals surface area contributed by atoms with E-state index < -0.39 is 22.2 Å². The lowest BCUT2D eigenvalue weighted by molar-refractivity contribution is 0.136. The number of rotatable bonds is 3. The van der Waals surface area contributed by atoms with Gasteiger partial charge in [0, 0.05) is 30.3 Å². The molecule has 0 aromatic heterocycles. The van der Waals surface area contributed by atoms with E-state index in [0.717, 1.165) is 16.8 Å². The van der Waals surface area contributed by atoms with Crippen LogP contribution in [0.15, 0.2) is 58.9 Å². The van der Waals surface area contributed by atoms with Crippen LogP contribution in [0, 0.1) is 0 Å². The number of alkyl carbamates (subject to hydrolysis) is 1. The third kappa shape index (κ3) is 3.51. The summed E-state index contributed by atoms with van der Waals surface area (Å²) in [6, 6.07) is 7.47. The van der Waals surface area contributed by atoms with Crippen LogP contribution >= 0.6 is 0 Å². The van der Waals surface area contributed by atoms with Gasteiger partial charge in [0.1, 0.15) is 12.9 Å². The van der Waals surface area contributed by atoms with Crippen molar-refractivity contribution in [1.29, 1.82) is 0 Å². The van der Waals surface area contributed by atoms with Gasteiger partial charge in [-0.15, -0.1) is 0 Å². The molecule has 2 amide bonds. The zero-order valence-electron chi connectivity index (χ0n) is 16.6. The summed E-state index contributed by atoms with van der Waals surface area (Å²) in [6.07, 6.45) is 4.76. The van der Waals surface area contributed by atoms with Crippen LogP contribution in [0.4, 0.5) is 15.3 Å². The number of benzene rings is 1. The van der Waals surface area contributed by atoms with E-state index in [0.29, 0.717) is 25.0 Å². The van der Waals surface area contributed by atoms with Gasteiger partial charge in [-0.1, -0.05) is 24.3 Å². The van der Waals surface area contributed by atoms with Crippen molar-refractivity contribution in [3.8, 4) is 0 Å². The van der Waals surface area contributed by atoms with Crippen LogP contribution in [0.1, 0.15) is 24.8 Å². The maximum Gasteiger partial charge on any atom is 0.416 e. The fraction of sp³-hybridized carbons (Fsp3) is 0.333. The molecule has 9 nitrogen and oxygen atoms in total. The van der Waals surface area contributed by atoms with E-state index in [2.05, 4.69) is 5.32 Å². The minimum atomic E-state index is -3.72. The standard InChI is InChI=1S/C21H21N3O6S/c25-20-22-18-11-17(6-5-14(18)12-29-20)31(27,28)23-9-7-16(8-10-23)24-19-4-2-1-3-15(19)13-30-21(24)26/h1-4,6,11-12,16H,5,7-10,13H2,(H,22,25). The molecule has 1 aromatic carbocycles. The molecule has 0 saturated carbocycles. The van der Waals surface area contributed by atoms with Gasteiger partial charge < -0.3 is 9.47 Å². The number of cyclic esters (lactones) is 2. The number of piperidine rings is 1. The van der Waals surface area contributed by atoms with Crippen molar-refractivity contribution in [2.75, 3.05) is 18.0 Å². The Morgan fingerprint density at radius 2 is 1.87 bits per heavy atom. The van der Waals surface area contributed by atoms with Gasteiger partial charge in [-0.2, -0.15) is 4.31 Å². The van der Waals surface area contributed by atoms with Crippen molar-refractivity contribution >= 4 is 27.9 Å². The number of anilines is 1. The van der Waals surface area contributed by atoms with Crippen LogP contribution < -0.4 is 10.2 Å². The van der Waals surface area contributed by atoms with Crippen molar-refractivity contribution in [3.05, 3.63) is 64.4 Å². The number of para-hydroxylation sites is 1. The molecule has 0 unspecified atom stereocenters. The molecule has 1 fully saturated rings. The van der Waals surface area contributed by atoms with E-state index >= 15 is 0 Å². The number of fused-ring (bicyclic) bond motifs is 2. The average molecular weight is 443 g/mol. The molecule has 3 aliphatic heterocycles. The summed E-state index contributed by atoms with van der Waals surface area (Å²) in [5.74, 6) is 0. The molecule has 0 bridgehead atoms. The highest BCUT2D eigenvalue weighted by atomic mass is 32.2. The first-order valence-corrected chi connectivity index (χ1v) is 11.5. The molecular weight excluding hydrogens is 422 g/mol. The second-order valence-corrected chi connectivity index (χ2v) is 9.67. The molecular formula is C21H21N3O6S. The number of nitrogens with one attached hydrogen (secondary N) is 1. The SMILES string of the molecule is O=C1NC2=CC(S(=O)(=O)N3CCC(N4C(=O)OCc5ccccc54)CC3)=CCC2=CO1. The van der Waals surface area contributed by atoms with Gasteiger partial charge in [-0.3, -0.25) is 10.2 Å². The molecule has 3 heterocycles. The number of hydrogen-bond donors (Lipinski definition) is 1. The molecule has 1 aromatic rings. The Kier molecular flexibility index (Phi) is 4.82. The summed E-state index contributed by atoms with van der Waals surface area (Å²) in [7, 11) is -3.72. The Labute approximate surface area is 179 Å². The number of ether oxygens (including phenoxy) is 2. The number of sulfonamides is 1. The maximum absolute atomic E-state index is 13.2. The third-order valence-electron chi connectivity index (χ3n) is 5.93. The first kappa shape index (κ1) is 19.8. The monoisotopic (exact) mass is 443 g/mol. The van der Waals surface area contributed by atoms with Crippen molar-refractivity contribution in [3.63, 3.8) is 0 Å². The first-order chi connectivity index (χ1) is 14.9. The largest absolute Gasteiger partial charge is 0.444 e. The Morgan fingerprint density at radius 1 is 1.10 bits per heavy atom. The number of allylic oxidation sites excluding steroid dienone is 3. The Balaban J connectivity index is 1.31. The summed E-state index contributed by atoms with van der Waals surface area (Å²) in [5, 5.41) is 2.54. The minimum Gasteiger partial charge on any atom is -0.444 e. The van der Waals surface area contributed by atoms with E-state index in [1.54, 1.807) is 11.0 Å². The molecule has 31 heavy (non-hydrogen) atoms. The van der Waals surface area contributed by atoms with Crippen molar-refractivity contribution < 1.29 is 27.5 Å². The molecule has 0 radical (unpaired) electrons. The Hall–Kier alpha value is -3.11. The molecule has 0 atom stereocenters. The molecule has 0 spiro atoms. The van der Waals surface area contributed by atoms with Gasteiger partial charge in [0.2, 0.25) is 10.0 Å². The average Bonchev–Trinajstić information content (AvgIpc) is 2.78. The number of amides is 2. The normalized spacial score (nSPS) is 22.2. The Bertz CT molecular complexity index is 1150. The van der Waals surface area contributed by atoms with Crippen molar-refractivity contribution in [2.24, 2.45) is 0 Å². The molecule has 5 rings (SSSR count). The molecule has 4 aliphatic rings. The lowest BCUT2D eigenvalue weighted by Crippen LogP contribution is -2.50. The predicted molar refractivity (Wildman–Crippen MR) is 111 cm³/mol. The zero-order chi connectivity index (χ0) is 21.6. The van der Waals surface area contributed by atoms with E-state index in [1.807, 2.05) is 24.3 Å². The zero-order valence-corrected chi connectivity index (χ0v) is 17.4. The van der Waals surface area contributed by atoms with E-state index in [-0.39, 0.29) is 30.6 Å². The lowest BCUT2D eigenvalue weighted by Gasteiger charge is -2.40. The van der Waals surface area contributed by atoms with Crippen LogP contribution in [0.3, 0.4) is 0 Å². The number of carbonyl (C=O) groups is 2. The van der Waals surface area contributed by atoms with Gasteiger partial charge in [0.25, 0.3) is 0 Å². The molecule has 10 heteroatoms. The van der Waals surface area contributed by atoms with Crippen LogP contribution in [0.5, 0.6) is 0 Å². The van der Waals surface area contributed by atoms with Crippen molar-refractivity contribution in [1.82, 2.24) is 9.62 Å². The second-order valence-electron chi connectivity index (χ2n) is 7.73. The van der Waals surface area contributed by atoms with Crippen LogP contribution in [0.2, 0.25) is 0 Å². The molecule has 162 valence electrons. The van der Waals surface area contributed by atoms with E-state index in [9.17, 15) is 18.0 Å². The summed E-state index contributed by atoms with van der Waals surface area (Å²) < 4.78 is 37.9. The number of nitrogens with zero attached hydrogens (tertiary/aromatic N) is 2. The van der Waals surface area contributed by atoms with E-state index in [4.69, 9.17) is 9.47 Å². The van der Waals surface area contributed by atoms with Gasteiger partial charge in [-0.25, -0.2) is 18.0 Å². The minimum absolute atomic E-state index is 0.136. The van der Waals surface area contributed by atoms with Crippen LogP contribution in [-0.4, -0.2) is 44.0 Å². The quantitative estimate of drug-likeness (QED) is 0.770. The smallest absolute Gasteiger partial charge is 0.416 e. The number of carbonyl (C=O) groups excluding carboxylic acids is 2. The topological polar surface area (TPSA) is 105 Å². The first-order valence-electron chi connectivity index (χ1n) is 10.1. The van der Waals surface area contributed by atoms with Crippen molar-refractivity contribution in [2.45, 2.75) is 31.9 Å². The fourth-order valence-electron chi connectivity index (χ4n) is 4.30. The highest BCUT2D eigenvalue weighted by molar-refractivity contribution is 7.93. The summed E-state index contributed by atoms with van der Waals surface area (Å²) >= 11 is 0. The van der Waals surface area contributed by atoms with Crippen LogP contribution in [-0.2, 0) is 26.1 Å². The molecule has 1 N–H and O–H groups in total. The fourth-order valence-corrected chi connectivity index (χ4v) is 5.85. The van der Waals surface area contributed by atoms with E-state index in [1.165, 1.54) is 16.6 Å². The lowest BCUT2D eigenvalue weighted by atomic mass is 10.0.